The molecule has 1 aromatic heterocycles. The van der Waals surface area contributed by atoms with E-state index >= 15 is 0 Å². The van der Waals surface area contributed by atoms with Gasteiger partial charge < -0.3 is 5.73 Å². The second-order valence-electron chi connectivity index (χ2n) is 5.01. The van der Waals surface area contributed by atoms with Crippen LogP contribution in [0.25, 0.3) is 11.0 Å². The molecule has 1 aliphatic rings. The van der Waals surface area contributed by atoms with E-state index in [1.807, 2.05) is 18.2 Å². The smallest absolute Gasteiger partial charge is 0.395 e. The van der Waals surface area contributed by atoms with Crippen LogP contribution in [-0.2, 0) is 0 Å². The second-order valence-corrected chi connectivity index (χ2v) is 5.01. The van der Waals surface area contributed by atoms with Crippen molar-refractivity contribution in [1.82, 2.24) is 0 Å². The number of H-pyrrole nitrogens is 1. The van der Waals surface area contributed by atoms with Crippen LogP contribution < -0.4 is 20.2 Å². The highest BCUT2D eigenvalue weighted by molar-refractivity contribution is 6.22. The van der Waals surface area contributed by atoms with Crippen LogP contribution in [0.4, 0.5) is 16.2 Å². The summed E-state index contributed by atoms with van der Waals surface area (Å²) in [7, 11) is 0. The summed E-state index contributed by atoms with van der Waals surface area (Å²) in [6, 6.07) is 13.7. The molecule has 0 spiro atoms. The highest BCUT2D eigenvalue weighted by Gasteiger charge is 2.50. The number of rotatable bonds is 1. The number of aromatic nitrogens is 2. The number of imide groups is 1. The first-order chi connectivity index (χ1) is 10.7. The zero-order valence-corrected chi connectivity index (χ0v) is 11.5. The van der Waals surface area contributed by atoms with Gasteiger partial charge in [0.05, 0.1) is 5.69 Å². The molecule has 0 radical (unpaired) electrons. The number of fused-ring (bicyclic) bond motifs is 3. The van der Waals surface area contributed by atoms with Crippen LogP contribution in [0.3, 0.4) is 0 Å². The number of hydrogen-bond acceptors (Lipinski definition) is 3. The predicted octanol–water partition coefficient (Wildman–Crippen LogP) is 1.15. The van der Waals surface area contributed by atoms with Gasteiger partial charge in [0.25, 0.3) is 11.2 Å². The van der Waals surface area contributed by atoms with Crippen LogP contribution in [-0.4, -0.2) is 11.9 Å². The van der Waals surface area contributed by atoms with Gasteiger partial charge in [-0.05, 0) is 18.2 Å². The minimum absolute atomic E-state index is 0.284. The molecule has 3 N–H and O–H groups in total. The lowest BCUT2D eigenvalue weighted by Gasteiger charge is -2.06. The number of aromatic amines is 1. The monoisotopic (exact) mass is 292 g/mol. The van der Waals surface area contributed by atoms with Crippen molar-refractivity contribution in [2.45, 2.75) is 0 Å². The Kier molecular flexibility index (Phi) is 2.47. The molecular formula is C16H12N4O2+2. The second kappa shape index (κ2) is 4.36. The number of carbonyl (C=O) groups excluding carboxylic acids is 2. The Hall–Kier alpha value is -3.28. The van der Waals surface area contributed by atoms with Crippen molar-refractivity contribution in [2.24, 2.45) is 0 Å². The van der Waals surface area contributed by atoms with E-state index < -0.39 is 11.9 Å². The fourth-order valence-corrected chi connectivity index (χ4v) is 2.70. The third-order valence-corrected chi connectivity index (χ3v) is 3.73. The Balaban J connectivity index is 1.97. The first kappa shape index (κ1) is 12.5. The summed E-state index contributed by atoms with van der Waals surface area (Å²) in [6.07, 6.45) is 1.54. The number of nitrogen functional groups attached to an aromatic ring is 1. The van der Waals surface area contributed by atoms with Gasteiger partial charge in [-0.3, -0.25) is 0 Å². The number of anilines is 2. The van der Waals surface area contributed by atoms with E-state index in [2.05, 4.69) is 4.98 Å². The van der Waals surface area contributed by atoms with Crippen molar-refractivity contribution in [3.63, 3.8) is 0 Å². The highest BCUT2D eigenvalue weighted by atomic mass is 16.2. The van der Waals surface area contributed by atoms with Crippen LogP contribution in [0.2, 0.25) is 0 Å². The average Bonchev–Trinajstić information content (AvgIpc) is 2.80. The molecule has 0 fully saturated rings. The van der Waals surface area contributed by atoms with Gasteiger partial charge in [0.15, 0.2) is 5.69 Å². The number of nitrogens with two attached hydrogens (primary N) is 1. The molecule has 0 saturated heterocycles. The number of benzene rings is 2. The van der Waals surface area contributed by atoms with E-state index in [-0.39, 0.29) is 5.69 Å². The molecule has 1 aliphatic heterocycles. The van der Waals surface area contributed by atoms with Gasteiger partial charge in [0.1, 0.15) is 0 Å². The molecule has 0 atom stereocenters. The maximum atomic E-state index is 12.8. The van der Waals surface area contributed by atoms with Gasteiger partial charge in [-0.2, -0.15) is 4.79 Å². The molecule has 6 nitrogen and oxygen atoms in total. The number of nitrogens with one attached hydrogen (secondary N) is 1. The predicted molar refractivity (Wildman–Crippen MR) is 79.2 cm³/mol. The molecule has 22 heavy (non-hydrogen) atoms. The molecule has 0 bridgehead atoms. The molecule has 4 rings (SSSR count). The van der Waals surface area contributed by atoms with Gasteiger partial charge in [0, 0.05) is 6.07 Å². The van der Waals surface area contributed by atoms with E-state index in [1.54, 1.807) is 36.5 Å². The van der Waals surface area contributed by atoms with Crippen LogP contribution in [0.15, 0.2) is 54.7 Å². The zero-order valence-electron chi connectivity index (χ0n) is 11.5. The van der Waals surface area contributed by atoms with Gasteiger partial charge >= 0.3 is 11.9 Å². The minimum atomic E-state index is -0.428. The van der Waals surface area contributed by atoms with Crippen molar-refractivity contribution in [1.29, 1.82) is 0 Å². The standard InChI is InChI=1S/C16H10N4O2/c17-10-5-1-3-7-12(10)20-15(21)14-9-18-11-6-2-4-8-13(11)19(14)16(20)22/h1-9,17H/p+2. The van der Waals surface area contributed by atoms with E-state index in [0.29, 0.717) is 16.9 Å². The molecule has 3 aromatic rings. The molecule has 2 aromatic carbocycles. The van der Waals surface area contributed by atoms with Gasteiger partial charge in [-0.15, -0.1) is 9.47 Å². The summed E-state index contributed by atoms with van der Waals surface area (Å²) >= 11 is 0. The van der Waals surface area contributed by atoms with E-state index in [9.17, 15) is 9.59 Å². The maximum Gasteiger partial charge on any atom is 0.512 e. The molecule has 6 heteroatoms. The normalized spacial score (nSPS) is 13.7. The summed E-state index contributed by atoms with van der Waals surface area (Å²) in [5, 5.41) is 0. The number of nitrogens with zero attached hydrogens (tertiary/aromatic N) is 2. The van der Waals surface area contributed by atoms with Crippen molar-refractivity contribution < 1.29 is 19.1 Å². The summed E-state index contributed by atoms with van der Waals surface area (Å²) in [5.74, 6) is -0.398. The lowest BCUT2D eigenvalue weighted by molar-refractivity contribution is -0.551. The first-order valence-electron chi connectivity index (χ1n) is 6.77. The number of hydrogen-bond donors (Lipinski definition) is 1. The molecule has 0 saturated carbocycles. The van der Waals surface area contributed by atoms with Crippen molar-refractivity contribution in [2.75, 3.05) is 10.6 Å². The van der Waals surface area contributed by atoms with E-state index in [1.165, 1.54) is 4.57 Å². The lowest BCUT2D eigenvalue weighted by Crippen LogP contribution is -2.47. The third-order valence-electron chi connectivity index (χ3n) is 3.73. The summed E-state index contributed by atoms with van der Waals surface area (Å²) in [6.45, 7) is 0. The molecule has 106 valence electrons. The van der Waals surface area contributed by atoms with Crippen molar-refractivity contribution in [3.05, 3.63) is 60.4 Å². The summed E-state index contributed by atoms with van der Waals surface area (Å²) < 4.78 is 1.40. The first-order valence-corrected chi connectivity index (χ1v) is 6.77. The van der Waals surface area contributed by atoms with Crippen molar-refractivity contribution in [3.8, 4) is 0 Å². The largest absolute Gasteiger partial charge is 0.512 e. The maximum absolute atomic E-state index is 12.8. The van der Waals surface area contributed by atoms with Crippen LogP contribution in [0, 0.1) is 0 Å². The third kappa shape index (κ3) is 1.54. The minimum Gasteiger partial charge on any atom is -0.395 e. The summed E-state index contributed by atoms with van der Waals surface area (Å²) in [5.41, 5.74) is 8.39. The quantitative estimate of drug-likeness (QED) is 0.539. The summed E-state index contributed by atoms with van der Waals surface area (Å²) in [4.78, 5) is 29.5. The zero-order chi connectivity index (χ0) is 15.3. The fraction of sp³-hybridized carbons (Fsp3) is 0. The van der Waals surface area contributed by atoms with Gasteiger partial charge in [-0.25, -0.2) is 9.78 Å². The van der Waals surface area contributed by atoms with Gasteiger partial charge in [-0.1, -0.05) is 24.3 Å². The molecule has 0 aliphatic carbocycles. The highest BCUT2D eigenvalue weighted by Crippen LogP contribution is 2.26. The van der Waals surface area contributed by atoms with Crippen LogP contribution in [0.5, 0.6) is 0 Å². The fourth-order valence-electron chi connectivity index (χ4n) is 2.70. The average molecular weight is 292 g/mol. The van der Waals surface area contributed by atoms with E-state index in [4.69, 9.17) is 5.73 Å². The number of amides is 2. The van der Waals surface area contributed by atoms with Crippen molar-refractivity contribution >= 4 is 34.3 Å². The number of para-hydroxylation sites is 4. The molecule has 2 amide bonds. The Morgan fingerprint density at radius 2 is 1.73 bits per heavy atom. The molecule has 0 unspecified atom stereocenters. The van der Waals surface area contributed by atoms with E-state index in [0.717, 1.165) is 10.4 Å². The lowest BCUT2D eigenvalue weighted by atomic mass is 10.2. The Morgan fingerprint density at radius 3 is 2.55 bits per heavy atom. The molecular weight excluding hydrogens is 280 g/mol. The Bertz CT molecular complexity index is 952. The number of carbonyl (C=O) groups is 2. The van der Waals surface area contributed by atoms with Gasteiger partial charge in [0.2, 0.25) is 11.7 Å². The topological polar surface area (TPSA) is 81.4 Å². The Morgan fingerprint density at radius 1 is 1.00 bits per heavy atom. The van der Waals surface area contributed by atoms with Crippen LogP contribution >= 0.6 is 0 Å². The van der Waals surface area contributed by atoms with Crippen LogP contribution in [0.1, 0.15) is 10.5 Å². The molecule has 2 heterocycles. The SMILES string of the molecule is Nc1ccccc1N1C(=O)c2c[nH+]c3ccccc3[n+]2C1=O. The Labute approximate surface area is 125 Å².